The first kappa shape index (κ1) is 34.6. The fraction of sp³-hybridized carbons (Fsp3) is 0.474. The first-order valence-corrected chi connectivity index (χ1v) is 17.8. The van der Waals surface area contributed by atoms with Crippen molar-refractivity contribution in [2.24, 2.45) is 11.8 Å². The van der Waals surface area contributed by atoms with E-state index in [1.165, 1.54) is 0 Å². The Morgan fingerprint density at radius 3 is 1.90 bits per heavy atom. The summed E-state index contributed by atoms with van der Waals surface area (Å²) in [7, 11) is 0. The van der Waals surface area contributed by atoms with E-state index in [4.69, 9.17) is 33.2 Å². The third kappa shape index (κ3) is 7.64. The largest absolute Gasteiger partial charge is 0.455 e. The van der Waals surface area contributed by atoms with Crippen molar-refractivity contribution in [3.05, 3.63) is 108 Å². The van der Waals surface area contributed by atoms with Gasteiger partial charge in [-0.3, -0.25) is 0 Å². The van der Waals surface area contributed by atoms with Crippen LogP contribution in [0.25, 0.3) is 0 Å². The summed E-state index contributed by atoms with van der Waals surface area (Å²) in [5.74, 6) is -0.706. The topological polar surface area (TPSA) is 98.8 Å². The number of hydrogen-bond acceptors (Lipinski definition) is 10. The summed E-state index contributed by atoms with van der Waals surface area (Å²) in [6.07, 6.45) is -4.04. The van der Waals surface area contributed by atoms with Crippen LogP contribution in [-0.4, -0.2) is 72.6 Å². The highest BCUT2D eigenvalue weighted by molar-refractivity contribution is 7.99. The van der Waals surface area contributed by atoms with E-state index >= 15 is 0 Å². The molecular weight excluding hydrogens is 632 g/mol. The molecule has 3 saturated heterocycles. The average molecular weight is 677 g/mol. The lowest BCUT2D eigenvalue weighted by Crippen LogP contribution is -2.62. The Bertz CT molecular complexity index is 1480. The zero-order valence-corrected chi connectivity index (χ0v) is 28.5. The Morgan fingerprint density at radius 2 is 1.31 bits per heavy atom. The number of esters is 2. The first-order valence-electron chi connectivity index (χ1n) is 16.8. The molecular formula is C38H44O9S. The van der Waals surface area contributed by atoms with Crippen molar-refractivity contribution in [2.75, 3.05) is 12.4 Å². The molecule has 11 unspecified atom stereocenters. The molecule has 0 aliphatic carbocycles. The molecule has 48 heavy (non-hydrogen) atoms. The average Bonchev–Trinajstić information content (AvgIpc) is 3.13. The van der Waals surface area contributed by atoms with Gasteiger partial charge >= 0.3 is 11.9 Å². The number of carbonyl (C=O) groups excluding carboxylic acids is 2. The molecule has 3 aliphatic heterocycles. The van der Waals surface area contributed by atoms with Gasteiger partial charge in [0.2, 0.25) is 0 Å². The van der Waals surface area contributed by atoms with Crippen LogP contribution in [0.3, 0.4) is 0 Å². The molecule has 6 rings (SSSR count). The van der Waals surface area contributed by atoms with Crippen molar-refractivity contribution in [1.82, 2.24) is 0 Å². The highest BCUT2D eigenvalue weighted by Gasteiger charge is 2.53. The van der Waals surface area contributed by atoms with Crippen LogP contribution in [0.1, 0.15) is 66.7 Å². The molecule has 10 heteroatoms. The second-order valence-electron chi connectivity index (χ2n) is 12.4. The molecule has 0 amide bonds. The van der Waals surface area contributed by atoms with Gasteiger partial charge in [0.1, 0.15) is 17.6 Å². The van der Waals surface area contributed by atoms with Gasteiger partial charge in [-0.2, -0.15) is 0 Å². The Morgan fingerprint density at radius 1 is 0.729 bits per heavy atom. The normalized spacial score (nSPS) is 33.3. The van der Waals surface area contributed by atoms with Gasteiger partial charge in [0.15, 0.2) is 18.7 Å². The van der Waals surface area contributed by atoms with Crippen LogP contribution >= 0.6 is 11.8 Å². The van der Waals surface area contributed by atoms with Crippen LogP contribution in [0, 0.1) is 11.8 Å². The molecule has 3 aliphatic rings. The zero-order chi connectivity index (χ0) is 33.6. The van der Waals surface area contributed by atoms with E-state index in [-0.39, 0.29) is 30.0 Å². The molecule has 11 atom stereocenters. The van der Waals surface area contributed by atoms with Gasteiger partial charge in [-0.25, -0.2) is 9.59 Å². The third-order valence-electron chi connectivity index (χ3n) is 9.25. The number of rotatable bonds is 10. The molecule has 3 fully saturated rings. The van der Waals surface area contributed by atoms with Crippen molar-refractivity contribution in [3.63, 3.8) is 0 Å². The predicted molar refractivity (Wildman–Crippen MR) is 180 cm³/mol. The van der Waals surface area contributed by atoms with Gasteiger partial charge in [0.25, 0.3) is 0 Å². The maximum absolute atomic E-state index is 13.5. The maximum Gasteiger partial charge on any atom is 0.338 e. The first-order chi connectivity index (χ1) is 23.4. The van der Waals surface area contributed by atoms with E-state index in [9.17, 15) is 9.59 Å². The van der Waals surface area contributed by atoms with Crippen molar-refractivity contribution in [2.45, 2.75) is 88.8 Å². The quantitative estimate of drug-likeness (QED) is 0.213. The number of benzene rings is 3. The standard InChI is InChI=1S/C38H44O9S/c1-5-28-30(24(4)33(38(43-28)48-6-2)45-35(40)26-18-12-8-13-19-26)47-37-32(44-34(39)25-16-10-7-11-17-25)23(3)31-29(42-37)22-41-36(46-31)27-20-14-9-15-21-27/h7-21,23-24,28-33,36-38H,5-6,22H2,1-4H3. The molecule has 9 nitrogen and oxygen atoms in total. The summed E-state index contributed by atoms with van der Waals surface area (Å²) in [6, 6.07) is 27.5. The summed E-state index contributed by atoms with van der Waals surface area (Å²) >= 11 is 1.60. The Hall–Kier alpha value is -3.25. The van der Waals surface area contributed by atoms with Crippen molar-refractivity contribution in [1.29, 1.82) is 0 Å². The van der Waals surface area contributed by atoms with Gasteiger partial charge in [-0.05, 0) is 36.4 Å². The fourth-order valence-electron chi connectivity index (χ4n) is 6.66. The number of fused-ring (bicyclic) bond motifs is 1. The summed E-state index contributed by atoms with van der Waals surface area (Å²) < 4.78 is 44.9. The second kappa shape index (κ2) is 16.0. The molecule has 256 valence electrons. The van der Waals surface area contributed by atoms with Crippen LogP contribution in [0.5, 0.6) is 0 Å². The van der Waals surface area contributed by atoms with E-state index in [1.807, 2.05) is 70.2 Å². The molecule has 0 spiro atoms. The molecule has 0 saturated carbocycles. The summed E-state index contributed by atoms with van der Waals surface area (Å²) in [4.78, 5) is 26.7. The number of hydrogen-bond donors (Lipinski definition) is 0. The van der Waals surface area contributed by atoms with Gasteiger partial charge < -0.3 is 33.2 Å². The molecule has 3 aromatic carbocycles. The van der Waals surface area contributed by atoms with Crippen molar-refractivity contribution < 1.29 is 42.7 Å². The SMILES string of the molecule is CCSC1OC(CC)C(OC2OC3COC(c4ccccc4)OC3C(C)C2OC(=O)c2ccccc2)C(C)C1OC(=O)c1ccccc1. The van der Waals surface area contributed by atoms with Gasteiger partial charge in [0.05, 0.1) is 36.0 Å². The summed E-state index contributed by atoms with van der Waals surface area (Å²) in [5.41, 5.74) is 1.41. The number of thioether (sulfide) groups is 1. The summed E-state index contributed by atoms with van der Waals surface area (Å²) in [5, 5.41) is 0. The zero-order valence-electron chi connectivity index (χ0n) is 27.7. The number of ether oxygens (including phenoxy) is 7. The molecule has 0 radical (unpaired) electrons. The Kier molecular flexibility index (Phi) is 11.5. The minimum absolute atomic E-state index is 0.272. The van der Waals surface area contributed by atoms with Crippen molar-refractivity contribution in [3.8, 4) is 0 Å². The maximum atomic E-state index is 13.5. The third-order valence-corrected chi connectivity index (χ3v) is 10.3. The lowest BCUT2D eigenvalue weighted by atomic mass is 9.88. The lowest BCUT2D eigenvalue weighted by molar-refractivity contribution is -0.365. The van der Waals surface area contributed by atoms with E-state index in [0.29, 0.717) is 17.5 Å². The van der Waals surface area contributed by atoms with Gasteiger partial charge in [-0.15, -0.1) is 11.8 Å². The smallest absolute Gasteiger partial charge is 0.338 e. The van der Waals surface area contributed by atoms with Crippen LogP contribution < -0.4 is 0 Å². The van der Waals surface area contributed by atoms with E-state index < -0.39 is 55.0 Å². The van der Waals surface area contributed by atoms with Crippen LogP contribution in [0.2, 0.25) is 0 Å². The molecule has 0 N–H and O–H groups in total. The second-order valence-corrected chi connectivity index (χ2v) is 13.8. The molecule has 0 bridgehead atoms. The fourth-order valence-corrected chi connectivity index (χ4v) is 7.70. The molecule has 3 heterocycles. The predicted octanol–water partition coefficient (Wildman–Crippen LogP) is 6.82. The number of carbonyl (C=O) groups is 2. The van der Waals surface area contributed by atoms with E-state index in [1.54, 1.807) is 60.3 Å². The monoisotopic (exact) mass is 676 g/mol. The van der Waals surface area contributed by atoms with Crippen LogP contribution in [-0.2, 0) is 33.2 Å². The molecule has 3 aromatic rings. The van der Waals surface area contributed by atoms with Crippen LogP contribution in [0.15, 0.2) is 91.0 Å². The highest BCUT2D eigenvalue weighted by Crippen LogP contribution is 2.42. The van der Waals surface area contributed by atoms with E-state index in [0.717, 1.165) is 11.3 Å². The summed E-state index contributed by atoms with van der Waals surface area (Å²) in [6.45, 7) is 8.36. The minimum Gasteiger partial charge on any atom is -0.455 e. The van der Waals surface area contributed by atoms with Crippen molar-refractivity contribution >= 4 is 23.7 Å². The Labute approximate surface area is 286 Å². The lowest BCUT2D eigenvalue weighted by Gasteiger charge is -2.51. The Balaban J connectivity index is 1.26. The van der Waals surface area contributed by atoms with E-state index in [2.05, 4.69) is 0 Å². The highest BCUT2D eigenvalue weighted by atomic mass is 32.2. The van der Waals surface area contributed by atoms with Gasteiger partial charge in [0, 0.05) is 17.4 Å². The molecule has 0 aromatic heterocycles. The van der Waals surface area contributed by atoms with Gasteiger partial charge in [-0.1, -0.05) is 94.4 Å². The minimum atomic E-state index is -0.958. The van der Waals surface area contributed by atoms with Crippen LogP contribution in [0.4, 0.5) is 0 Å².